The molecule has 1 aliphatic carbocycles. The molecule has 1 unspecified atom stereocenters. The van der Waals surface area contributed by atoms with Gasteiger partial charge in [-0.1, -0.05) is 19.3 Å². The van der Waals surface area contributed by atoms with Gasteiger partial charge in [-0.25, -0.2) is 4.79 Å². The smallest absolute Gasteiger partial charge is 0.317 e. The lowest BCUT2D eigenvalue weighted by molar-refractivity contribution is -0.125. The zero-order valence-electron chi connectivity index (χ0n) is 11.4. The van der Waals surface area contributed by atoms with Crippen LogP contribution in [0.15, 0.2) is 0 Å². The van der Waals surface area contributed by atoms with Gasteiger partial charge in [0.05, 0.1) is 12.6 Å². The van der Waals surface area contributed by atoms with Crippen molar-refractivity contribution in [3.63, 3.8) is 0 Å². The SMILES string of the molecule is O=C(CN1CCN2C(=O)NCC2C1)C1CCCCC1. The van der Waals surface area contributed by atoms with E-state index in [9.17, 15) is 9.59 Å². The van der Waals surface area contributed by atoms with Gasteiger partial charge in [0.15, 0.2) is 0 Å². The summed E-state index contributed by atoms with van der Waals surface area (Å²) < 4.78 is 0. The first-order valence-corrected chi connectivity index (χ1v) is 7.53. The Morgan fingerprint density at radius 3 is 2.79 bits per heavy atom. The summed E-state index contributed by atoms with van der Waals surface area (Å²) in [7, 11) is 0. The number of carbonyl (C=O) groups is 2. The highest BCUT2D eigenvalue weighted by Gasteiger charge is 2.36. The number of nitrogens with one attached hydrogen (secondary N) is 1. The summed E-state index contributed by atoms with van der Waals surface area (Å²) in [5.74, 6) is 0.723. The average molecular weight is 265 g/mol. The Labute approximate surface area is 114 Å². The first-order chi connectivity index (χ1) is 9.24. The van der Waals surface area contributed by atoms with Gasteiger partial charge in [-0.2, -0.15) is 0 Å². The zero-order valence-corrected chi connectivity index (χ0v) is 11.4. The molecule has 0 spiro atoms. The van der Waals surface area contributed by atoms with Gasteiger partial charge in [0.1, 0.15) is 5.78 Å². The number of hydrogen-bond acceptors (Lipinski definition) is 3. The fraction of sp³-hybridized carbons (Fsp3) is 0.857. The molecule has 2 heterocycles. The Hall–Kier alpha value is -1.10. The molecule has 5 nitrogen and oxygen atoms in total. The van der Waals surface area contributed by atoms with Gasteiger partial charge in [0.25, 0.3) is 0 Å². The standard InChI is InChI=1S/C14H23N3O2/c18-13(11-4-2-1-3-5-11)10-16-6-7-17-12(9-16)8-15-14(17)19/h11-12H,1-10H2,(H,15,19). The van der Waals surface area contributed by atoms with Crippen molar-refractivity contribution in [3.8, 4) is 0 Å². The van der Waals surface area contributed by atoms with E-state index in [-0.39, 0.29) is 12.1 Å². The van der Waals surface area contributed by atoms with Crippen LogP contribution in [0.5, 0.6) is 0 Å². The van der Waals surface area contributed by atoms with Crippen molar-refractivity contribution < 1.29 is 9.59 Å². The molecular weight excluding hydrogens is 242 g/mol. The van der Waals surface area contributed by atoms with Crippen LogP contribution in [-0.2, 0) is 4.79 Å². The summed E-state index contributed by atoms with van der Waals surface area (Å²) >= 11 is 0. The van der Waals surface area contributed by atoms with E-state index >= 15 is 0 Å². The Morgan fingerprint density at radius 2 is 2.00 bits per heavy atom. The van der Waals surface area contributed by atoms with Crippen LogP contribution < -0.4 is 5.32 Å². The van der Waals surface area contributed by atoms with Crippen LogP contribution in [0.25, 0.3) is 0 Å². The van der Waals surface area contributed by atoms with Crippen molar-refractivity contribution in [2.75, 3.05) is 32.7 Å². The molecule has 5 heteroatoms. The van der Waals surface area contributed by atoms with Crippen LogP contribution in [-0.4, -0.2) is 60.4 Å². The number of ketones is 1. The van der Waals surface area contributed by atoms with Gasteiger partial charge in [0, 0.05) is 32.1 Å². The van der Waals surface area contributed by atoms with Crippen LogP contribution in [0.3, 0.4) is 0 Å². The molecule has 0 aromatic carbocycles. The number of amides is 2. The monoisotopic (exact) mass is 265 g/mol. The highest BCUT2D eigenvalue weighted by atomic mass is 16.2. The second kappa shape index (κ2) is 5.49. The summed E-state index contributed by atoms with van der Waals surface area (Å²) in [5, 5.41) is 2.87. The van der Waals surface area contributed by atoms with Crippen LogP contribution >= 0.6 is 0 Å². The fourth-order valence-corrected chi connectivity index (χ4v) is 3.59. The van der Waals surface area contributed by atoms with Gasteiger partial charge in [-0.3, -0.25) is 9.69 Å². The van der Waals surface area contributed by atoms with E-state index in [1.807, 2.05) is 4.90 Å². The van der Waals surface area contributed by atoms with E-state index < -0.39 is 0 Å². The predicted octanol–water partition coefficient (Wildman–Crippen LogP) is 0.845. The number of nitrogens with zero attached hydrogens (tertiary/aromatic N) is 2. The van der Waals surface area contributed by atoms with E-state index in [0.717, 1.165) is 39.0 Å². The summed E-state index contributed by atoms with van der Waals surface area (Å²) in [4.78, 5) is 27.9. The van der Waals surface area contributed by atoms with Crippen LogP contribution in [0.4, 0.5) is 4.79 Å². The Kier molecular flexibility index (Phi) is 3.73. The first-order valence-electron chi connectivity index (χ1n) is 7.53. The quantitative estimate of drug-likeness (QED) is 0.823. The lowest BCUT2D eigenvalue weighted by Crippen LogP contribution is -2.53. The van der Waals surface area contributed by atoms with Gasteiger partial charge in [0.2, 0.25) is 0 Å². The third kappa shape index (κ3) is 2.76. The molecule has 1 saturated carbocycles. The number of rotatable bonds is 3. The molecule has 0 radical (unpaired) electrons. The molecule has 2 saturated heterocycles. The van der Waals surface area contributed by atoms with Gasteiger partial charge < -0.3 is 10.2 Å². The molecule has 106 valence electrons. The van der Waals surface area contributed by atoms with Gasteiger partial charge >= 0.3 is 6.03 Å². The van der Waals surface area contributed by atoms with Crippen LogP contribution in [0, 0.1) is 5.92 Å². The van der Waals surface area contributed by atoms with Crippen molar-refractivity contribution in [2.24, 2.45) is 5.92 Å². The molecular formula is C14H23N3O2. The molecule has 1 N–H and O–H groups in total. The molecule has 1 atom stereocenters. The Morgan fingerprint density at radius 1 is 1.21 bits per heavy atom. The normalized spacial score (nSPS) is 29.2. The van der Waals surface area contributed by atoms with Crippen molar-refractivity contribution in [2.45, 2.75) is 38.1 Å². The molecule has 19 heavy (non-hydrogen) atoms. The van der Waals surface area contributed by atoms with E-state index in [4.69, 9.17) is 0 Å². The van der Waals surface area contributed by atoms with Gasteiger partial charge in [-0.15, -0.1) is 0 Å². The van der Waals surface area contributed by atoms with Crippen molar-refractivity contribution in [1.29, 1.82) is 0 Å². The number of piperazine rings is 1. The second-order valence-electron chi connectivity index (χ2n) is 6.07. The minimum Gasteiger partial charge on any atom is -0.336 e. The molecule has 3 rings (SSSR count). The van der Waals surface area contributed by atoms with E-state index in [1.54, 1.807) is 0 Å². The molecule has 3 aliphatic rings. The van der Waals surface area contributed by atoms with Crippen LogP contribution in [0.1, 0.15) is 32.1 Å². The number of urea groups is 1. The maximum atomic E-state index is 12.3. The summed E-state index contributed by atoms with van der Waals surface area (Å²) in [5.41, 5.74) is 0. The first kappa shape index (κ1) is 12.9. The van der Waals surface area contributed by atoms with Crippen molar-refractivity contribution >= 4 is 11.8 Å². The Balaban J connectivity index is 1.50. The molecule has 2 amide bonds. The number of fused-ring (bicyclic) bond motifs is 1. The highest BCUT2D eigenvalue weighted by Crippen LogP contribution is 2.25. The molecule has 0 aromatic heterocycles. The maximum Gasteiger partial charge on any atom is 0.317 e. The van der Waals surface area contributed by atoms with Crippen LogP contribution in [0.2, 0.25) is 0 Å². The topological polar surface area (TPSA) is 52.7 Å². The van der Waals surface area contributed by atoms with Crippen molar-refractivity contribution in [3.05, 3.63) is 0 Å². The lowest BCUT2D eigenvalue weighted by Gasteiger charge is -2.36. The minimum absolute atomic E-state index is 0.0586. The molecule has 0 aromatic rings. The van der Waals surface area contributed by atoms with Gasteiger partial charge in [-0.05, 0) is 12.8 Å². The maximum absolute atomic E-state index is 12.3. The molecule has 0 bridgehead atoms. The number of hydrogen-bond donors (Lipinski definition) is 1. The fourth-order valence-electron chi connectivity index (χ4n) is 3.59. The third-order valence-corrected chi connectivity index (χ3v) is 4.76. The third-order valence-electron chi connectivity index (χ3n) is 4.76. The number of Topliss-reactive ketones (excluding diaryl/α,β-unsaturated/α-hetero) is 1. The largest absolute Gasteiger partial charge is 0.336 e. The van der Waals surface area contributed by atoms with Crippen molar-refractivity contribution in [1.82, 2.24) is 15.1 Å². The molecule has 2 aliphatic heterocycles. The van der Waals surface area contributed by atoms with E-state index in [2.05, 4.69) is 10.2 Å². The second-order valence-corrected chi connectivity index (χ2v) is 6.07. The summed E-state index contributed by atoms with van der Waals surface area (Å²) in [6.45, 7) is 3.75. The zero-order chi connectivity index (χ0) is 13.2. The number of carbonyl (C=O) groups excluding carboxylic acids is 2. The Bertz CT molecular complexity index is 366. The van der Waals surface area contributed by atoms with E-state index in [0.29, 0.717) is 18.2 Å². The minimum atomic E-state index is 0.0586. The highest BCUT2D eigenvalue weighted by molar-refractivity contribution is 5.83. The average Bonchev–Trinajstić information content (AvgIpc) is 2.81. The molecule has 3 fully saturated rings. The summed E-state index contributed by atoms with van der Waals surface area (Å²) in [6.07, 6.45) is 5.89. The summed E-state index contributed by atoms with van der Waals surface area (Å²) in [6, 6.07) is 0.323. The van der Waals surface area contributed by atoms with E-state index in [1.165, 1.54) is 19.3 Å². The lowest BCUT2D eigenvalue weighted by atomic mass is 9.86. The predicted molar refractivity (Wildman–Crippen MR) is 71.9 cm³/mol.